The lowest BCUT2D eigenvalue weighted by Crippen LogP contribution is -2.21. The average molecular weight is 500 g/mol. The van der Waals surface area contributed by atoms with Gasteiger partial charge in [-0.2, -0.15) is 0 Å². The first-order valence-corrected chi connectivity index (χ1v) is 12.5. The molecule has 180 valence electrons. The standard InChI is InChI=1S/C29H33Cl2FN2/c1-6-33-27-13-9-8-12-25(30)29(27)20(4)24(22-16-15-21(32)17-26(22)31)18-23-19(3)11-10-14-28(23)34(5)7-2/h8-11,13-17,24,33H,4,6-7,12,18H2,1-3,5H3. The van der Waals surface area contributed by atoms with Crippen molar-refractivity contribution in [1.29, 1.82) is 0 Å². The molecule has 2 aromatic carbocycles. The summed E-state index contributed by atoms with van der Waals surface area (Å²) in [6.45, 7) is 12.5. The summed E-state index contributed by atoms with van der Waals surface area (Å²) in [5.41, 5.74) is 7.12. The number of aryl methyl sites for hydroxylation is 1. The molecule has 34 heavy (non-hydrogen) atoms. The molecule has 2 aromatic rings. The third-order valence-corrected chi connectivity index (χ3v) is 7.03. The second kappa shape index (κ2) is 11.8. The second-order valence-electron chi connectivity index (χ2n) is 8.56. The monoisotopic (exact) mass is 498 g/mol. The zero-order valence-corrected chi connectivity index (χ0v) is 21.9. The van der Waals surface area contributed by atoms with Crippen LogP contribution in [0.15, 0.2) is 83.1 Å². The first kappa shape index (κ1) is 26.1. The molecule has 0 heterocycles. The fraction of sp³-hybridized carbons (Fsp3) is 0.310. The minimum atomic E-state index is -0.357. The molecule has 3 rings (SSSR count). The molecular formula is C29H33Cl2FN2. The van der Waals surface area contributed by atoms with Crippen LogP contribution in [-0.4, -0.2) is 20.1 Å². The van der Waals surface area contributed by atoms with Gasteiger partial charge in [0.25, 0.3) is 0 Å². The minimum Gasteiger partial charge on any atom is -0.385 e. The van der Waals surface area contributed by atoms with Crippen molar-refractivity contribution in [3.05, 3.63) is 111 Å². The molecule has 0 radical (unpaired) electrons. The summed E-state index contributed by atoms with van der Waals surface area (Å²) in [6.07, 6.45) is 7.37. The Labute approximate surface area is 213 Å². The van der Waals surface area contributed by atoms with E-state index >= 15 is 0 Å². The Balaban J connectivity index is 2.18. The van der Waals surface area contributed by atoms with E-state index in [9.17, 15) is 4.39 Å². The third kappa shape index (κ3) is 5.76. The molecule has 2 nitrogen and oxygen atoms in total. The number of nitrogens with zero attached hydrogens (tertiary/aromatic N) is 1. The molecule has 0 fully saturated rings. The molecule has 1 unspecified atom stereocenters. The molecule has 1 aliphatic carbocycles. The Morgan fingerprint density at radius 1 is 1.21 bits per heavy atom. The van der Waals surface area contributed by atoms with E-state index in [1.807, 2.05) is 18.2 Å². The van der Waals surface area contributed by atoms with Gasteiger partial charge < -0.3 is 10.2 Å². The average Bonchev–Trinajstić information content (AvgIpc) is 2.99. The number of rotatable bonds is 9. The molecule has 0 aliphatic heterocycles. The van der Waals surface area contributed by atoms with Crippen LogP contribution in [0.2, 0.25) is 5.02 Å². The summed E-state index contributed by atoms with van der Waals surface area (Å²) < 4.78 is 14.0. The lowest BCUT2D eigenvalue weighted by molar-refractivity contribution is 0.626. The molecule has 1 aliphatic rings. The lowest BCUT2D eigenvalue weighted by atomic mass is 9.80. The molecule has 0 aromatic heterocycles. The summed E-state index contributed by atoms with van der Waals surface area (Å²) in [5, 5.41) is 4.55. The first-order valence-electron chi connectivity index (χ1n) is 11.7. The number of anilines is 1. The largest absolute Gasteiger partial charge is 0.385 e. The van der Waals surface area contributed by atoms with Gasteiger partial charge in [-0.05, 0) is 73.7 Å². The molecule has 1 atom stereocenters. The Morgan fingerprint density at radius 2 is 1.97 bits per heavy atom. The van der Waals surface area contributed by atoms with Crippen molar-refractivity contribution in [3.63, 3.8) is 0 Å². The summed E-state index contributed by atoms with van der Waals surface area (Å²) in [5.74, 6) is -0.549. The van der Waals surface area contributed by atoms with Crippen molar-refractivity contribution in [2.24, 2.45) is 0 Å². The predicted molar refractivity (Wildman–Crippen MR) is 146 cm³/mol. The summed E-state index contributed by atoms with van der Waals surface area (Å²) in [4.78, 5) is 2.24. The maximum absolute atomic E-state index is 14.0. The van der Waals surface area contributed by atoms with E-state index in [1.165, 1.54) is 28.9 Å². The maximum atomic E-state index is 14.0. The number of hydrogen-bond acceptors (Lipinski definition) is 2. The van der Waals surface area contributed by atoms with Crippen LogP contribution in [-0.2, 0) is 6.42 Å². The van der Waals surface area contributed by atoms with Gasteiger partial charge in [0.15, 0.2) is 0 Å². The normalized spacial score (nSPS) is 14.5. The van der Waals surface area contributed by atoms with Crippen molar-refractivity contribution in [2.45, 2.75) is 39.5 Å². The highest BCUT2D eigenvalue weighted by Gasteiger charge is 2.27. The van der Waals surface area contributed by atoms with Gasteiger partial charge in [0.2, 0.25) is 0 Å². The number of allylic oxidation sites excluding steroid dienone is 5. The smallest absolute Gasteiger partial charge is 0.124 e. The zero-order chi connectivity index (χ0) is 24.8. The summed E-state index contributed by atoms with van der Waals surface area (Å²) in [7, 11) is 2.09. The molecule has 1 N–H and O–H groups in total. The van der Waals surface area contributed by atoms with Crippen LogP contribution in [0, 0.1) is 12.7 Å². The molecule has 0 saturated heterocycles. The van der Waals surface area contributed by atoms with Crippen LogP contribution in [0.25, 0.3) is 0 Å². The van der Waals surface area contributed by atoms with Crippen molar-refractivity contribution in [1.82, 2.24) is 5.32 Å². The van der Waals surface area contributed by atoms with Crippen LogP contribution in [0.3, 0.4) is 0 Å². The predicted octanol–water partition coefficient (Wildman–Crippen LogP) is 8.07. The number of likely N-dealkylation sites (N-methyl/N-ethyl adjacent to an activating group) is 1. The first-order chi connectivity index (χ1) is 16.3. The Morgan fingerprint density at radius 3 is 2.65 bits per heavy atom. The number of hydrogen-bond donors (Lipinski definition) is 1. The fourth-order valence-corrected chi connectivity index (χ4v) is 5.03. The zero-order valence-electron chi connectivity index (χ0n) is 20.4. The topological polar surface area (TPSA) is 15.3 Å². The van der Waals surface area contributed by atoms with Crippen LogP contribution >= 0.6 is 23.2 Å². The van der Waals surface area contributed by atoms with Gasteiger partial charge in [0.05, 0.1) is 0 Å². The third-order valence-electron chi connectivity index (χ3n) is 6.36. The summed E-state index contributed by atoms with van der Waals surface area (Å²) in [6, 6.07) is 11.0. The van der Waals surface area contributed by atoms with E-state index in [-0.39, 0.29) is 11.7 Å². The van der Waals surface area contributed by atoms with Gasteiger partial charge in [-0.1, -0.05) is 60.1 Å². The Hall–Kier alpha value is -2.49. The van der Waals surface area contributed by atoms with Crippen LogP contribution in [0.4, 0.5) is 10.1 Å². The van der Waals surface area contributed by atoms with Gasteiger partial charge >= 0.3 is 0 Å². The van der Waals surface area contributed by atoms with E-state index in [2.05, 4.69) is 62.8 Å². The highest BCUT2D eigenvalue weighted by Crippen LogP contribution is 2.42. The van der Waals surface area contributed by atoms with Crippen molar-refractivity contribution >= 4 is 28.9 Å². The number of benzene rings is 2. The van der Waals surface area contributed by atoms with Crippen molar-refractivity contribution in [3.8, 4) is 0 Å². The highest BCUT2D eigenvalue weighted by molar-refractivity contribution is 6.31. The van der Waals surface area contributed by atoms with Gasteiger partial charge in [0.1, 0.15) is 5.82 Å². The quantitative estimate of drug-likeness (QED) is 0.375. The summed E-state index contributed by atoms with van der Waals surface area (Å²) >= 11 is 13.5. The maximum Gasteiger partial charge on any atom is 0.124 e. The SMILES string of the molecule is C=C(C1=C(Cl)CC=CC=C1NCC)C(Cc1c(C)cccc1N(C)CC)c1ccc(F)cc1Cl. The Kier molecular flexibility index (Phi) is 9.04. The molecule has 5 heteroatoms. The van der Waals surface area contributed by atoms with Crippen molar-refractivity contribution in [2.75, 3.05) is 25.0 Å². The van der Waals surface area contributed by atoms with E-state index in [0.717, 1.165) is 40.5 Å². The van der Waals surface area contributed by atoms with Gasteiger partial charge in [-0.15, -0.1) is 0 Å². The van der Waals surface area contributed by atoms with E-state index in [1.54, 1.807) is 6.07 Å². The number of halogens is 3. The van der Waals surface area contributed by atoms with E-state index in [4.69, 9.17) is 23.2 Å². The van der Waals surface area contributed by atoms with Crippen LogP contribution in [0.5, 0.6) is 0 Å². The highest BCUT2D eigenvalue weighted by atomic mass is 35.5. The molecule has 0 spiro atoms. The van der Waals surface area contributed by atoms with E-state index in [0.29, 0.717) is 17.9 Å². The van der Waals surface area contributed by atoms with Crippen LogP contribution < -0.4 is 10.2 Å². The minimum absolute atomic E-state index is 0.192. The molecule has 0 bridgehead atoms. The number of nitrogens with one attached hydrogen (secondary N) is 1. The van der Waals surface area contributed by atoms with Gasteiger partial charge in [0, 0.05) is 59.5 Å². The molecule has 0 amide bonds. The molecule has 0 saturated carbocycles. The van der Waals surface area contributed by atoms with Crippen molar-refractivity contribution < 1.29 is 4.39 Å². The molecular weight excluding hydrogens is 466 g/mol. The fourth-order valence-electron chi connectivity index (χ4n) is 4.42. The lowest BCUT2D eigenvalue weighted by Gasteiger charge is -2.29. The van der Waals surface area contributed by atoms with Gasteiger partial charge in [-0.3, -0.25) is 0 Å². The Bertz CT molecular complexity index is 1150. The second-order valence-corrected chi connectivity index (χ2v) is 9.42. The van der Waals surface area contributed by atoms with Crippen LogP contribution in [0.1, 0.15) is 42.9 Å². The van der Waals surface area contributed by atoms with E-state index < -0.39 is 0 Å². The van der Waals surface area contributed by atoms with Gasteiger partial charge in [-0.25, -0.2) is 4.39 Å².